The highest BCUT2D eigenvalue weighted by Gasteiger charge is 2.29. The molecular formula is C16H25NO4. The molecule has 5 nitrogen and oxygen atoms in total. The lowest BCUT2D eigenvalue weighted by atomic mass is 10.0. The Balaban J connectivity index is 2.04. The molecule has 1 aromatic carbocycles. The van der Waals surface area contributed by atoms with Gasteiger partial charge in [-0.1, -0.05) is 0 Å². The van der Waals surface area contributed by atoms with Gasteiger partial charge in [0, 0.05) is 31.3 Å². The van der Waals surface area contributed by atoms with Crippen molar-refractivity contribution in [1.82, 2.24) is 5.32 Å². The molecule has 1 N–H and O–H groups in total. The van der Waals surface area contributed by atoms with E-state index in [0.29, 0.717) is 18.0 Å². The normalized spacial score (nSPS) is 21.3. The van der Waals surface area contributed by atoms with Gasteiger partial charge in [0.05, 0.1) is 26.9 Å². The largest absolute Gasteiger partial charge is 0.496 e. The summed E-state index contributed by atoms with van der Waals surface area (Å²) in [7, 11) is 4.91. The second kappa shape index (κ2) is 7.00. The Morgan fingerprint density at radius 3 is 2.33 bits per heavy atom. The van der Waals surface area contributed by atoms with Crippen LogP contribution in [0.4, 0.5) is 0 Å². The molecule has 2 rings (SSSR count). The smallest absolute Gasteiger partial charge is 0.164 e. The van der Waals surface area contributed by atoms with Crippen molar-refractivity contribution in [3.05, 3.63) is 17.7 Å². The van der Waals surface area contributed by atoms with Crippen LogP contribution in [0.1, 0.15) is 25.3 Å². The number of hydrogen-bond donors (Lipinski definition) is 1. The average molecular weight is 295 g/mol. The summed E-state index contributed by atoms with van der Waals surface area (Å²) >= 11 is 0. The molecule has 1 aromatic rings. The van der Waals surface area contributed by atoms with E-state index in [0.717, 1.165) is 37.3 Å². The Morgan fingerprint density at radius 1 is 1.10 bits per heavy atom. The molecule has 0 aromatic heterocycles. The number of methoxy groups -OCH3 is 3. The number of benzene rings is 1. The molecule has 118 valence electrons. The number of hydrogen-bond acceptors (Lipinski definition) is 5. The van der Waals surface area contributed by atoms with Crippen LogP contribution in [0.2, 0.25) is 0 Å². The molecule has 1 aliphatic heterocycles. The fraction of sp³-hybridized carbons (Fsp3) is 0.625. The number of nitrogens with one attached hydrogen (secondary N) is 1. The second-order valence-corrected chi connectivity index (χ2v) is 5.52. The van der Waals surface area contributed by atoms with Crippen LogP contribution >= 0.6 is 0 Å². The lowest BCUT2D eigenvalue weighted by Crippen LogP contribution is -2.36. The standard InChI is InChI=1S/C16H25NO4/c1-16(6-5-7-21-16)11-17-10-12-8-14(19-3)15(20-4)9-13(12)18-2/h8-9,17H,5-7,10-11H2,1-4H3. The van der Waals surface area contributed by atoms with Gasteiger partial charge in [-0.2, -0.15) is 0 Å². The van der Waals surface area contributed by atoms with Crippen molar-refractivity contribution in [2.45, 2.75) is 31.9 Å². The van der Waals surface area contributed by atoms with Crippen molar-refractivity contribution < 1.29 is 18.9 Å². The lowest BCUT2D eigenvalue weighted by Gasteiger charge is -2.24. The van der Waals surface area contributed by atoms with Crippen molar-refractivity contribution >= 4 is 0 Å². The second-order valence-electron chi connectivity index (χ2n) is 5.52. The minimum atomic E-state index is -0.0518. The van der Waals surface area contributed by atoms with Crippen LogP contribution in [0.25, 0.3) is 0 Å². The highest BCUT2D eigenvalue weighted by Crippen LogP contribution is 2.34. The van der Waals surface area contributed by atoms with E-state index < -0.39 is 0 Å². The Hall–Kier alpha value is -1.46. The third-order valence-corrected chi connectivity index (χ3v) is 3.90. The summed E-state index contributed by atoms with van der Waals surface area (Å²) in [6.45, 7) is 4.53. The van der Waals surface area contributed by atoms with Crippen LogP contribution in [0, 0.1) is 0 Å². The van der Waals surface area contributed by atoms with E-state index in [-0.39, 0.29) is 5.60 Å². The van der Waals surface area contributed by atoms with Crippen molar-refractivity contribution in [2.75, 3.05) is 34.5 Å². The van der Waals surface area contributed by atoms with Crippen LogP contribution in [0.5, 0.6) is 17.2 Å². The summed E-state index contributed by atoms with van der Waals surface area (Å²) in [4.78, 5) is 0. The zero-order valence-corrected chi connectivity index (χ0v) is 13.3. The van der Waals surface area contributed by atoms with E-state index in [1.54, 1.807) is 21.3 Å². The predicted octanol–water partition coefficient (Wildman–Crippen LogP) is 2.37. The predicted molar refractivity (Wildman–Crippen MR) is 81.4 cm³/mol. The number of rotatable bonds is 7. The molecule has 0 spiro atoms. The first kappa shape index (κ1) is 15.9. The van der Waals surface area contributed by atoms with Gasteiger partial charge in [-0.3, -0.25) is 0 Å². The Bertz CT molecular complexity index is 470. The molecule has 0 saturated carbocycles. The maximum atomic E-state index is 5.78. The molecule has 1 heterocycles. The molecule has 0 amide bonds. The van der Waals surface area contributed by atoms with E-state index >= 15 is 0 Å². The van der Waals surface area contributed by atoms with Crippen LogP contribution in [0.3, 0.4) is 0 Å². The van der Waals surface area contributed by atoms with Crippen molar-refractivity contribution in [2.24, 2.45) is 0 Å². The van der Waals surface area contributed by atoms with E-state index in [1.807, 2.05) is 12.1 Å². The monoisotopic (exact) mass is 295 g/mol. The maximum Gasteiger partial charge on any atom is 0.164 e. The fourth-order valence-corrected chi connectivity index (χ4v) is 2.67. The first-order chi connectivity index (χ1) is 10.1. The Kier molecular flexibility index (Phi) is 5.31. The van der Waals surface area contributed by atoms with Gasteiger partial charge in [0.1, 0.15) is 5.75 Å². The van der Waals surface area contributed by atoms with Crippen LogP contribution in [-0.4, -0.2) is 40.1 Å². The Labute approximate surface area is 126 Å². The molecule has 1 atom stereocenters. The molecule has 1 unspecified atom stereocenters. The molecule has 1 aliphatic rings. The van der Waals surface area contributed by atoms with Gasteiger partial charge in [0.15, 0.2) is 11.5 Å². The fourth-order valence-electron chi connectivity index (χ4n) is 2.67. The maximum absolute atomic E-state index is 5.78. The topological polar surface area (TPSA) is 49.0 Å². The summed E-state index contributed by atoms with van der Waals surface area (Å²) in [5.41, 5.74) is 0.987. The first-order valence-electron chi connectivity index (χ1n) is 7.25. The quantitative estimate of drug-likeness (QED) is 0.837. The molecular weight excluding hydrogens is 270 g/mol. The van der Waals surface area contributed by atoms with Gasteiger partial charge in [0.2, 0.25) is 0 Å². The van der Waals surface area contributed by atoms with Gasteiger partial charge >= 0.3 is 0 Å². The van der Waals surface area contributed by atoms with Crippen molar-refractivity contribution in [3.63, 3.8) is 0 Å². The van der Waals surface area contributed by atoms with E-state index in [1.165, 1.54) is 0 Å². The minimum Gasteiger partial charge on any atom is -0.496 e. The SMILES string of the molecule is COc1cc(OC)c(OC)cc1CNCC1(C)CCCO1. The van der Waals surface area contributed by atoms with E-state index in [4.69, 9.17) is 18.9 Å². The molecule has 1 fully saturated rings. The molecule has 1 saturated heterocycles. The number of ether oxygens (including phenoxy) is 4. The van der Waals surface area contributed by atoms with Crippen molar-refractivity contribution in [3.8, 4) is 17.2 Å². The first-order valence-corrected chi connectivity index (χ1v) is 7.25. The molecule has 0 radical (unpaired) electrons. The van der Waals surface area contributed by atoms with Gasteiger partial charge in [0.25, 0.3) is 0 Å². The van der Waals surface area contributed by atoms with E-state index in [9.17, 15) is 0 Å². The summed E-state index contributed by atoms with van der Waals surface area (Å²) in [5, 5.41) is 3.45. The molecule has 21 heavy (non-hydrogen) atoms. The van der Waals surface area contributed by atoms with Gasteiger partial charge < -0.3 is 24.3 Å². The van der Waals surface area contributed by atoms with Crippen LogP contribution < -0.4 is 19.5 Å². The third kappa shape index (κ3) is 3.80. The molecule has 0 aliphatic carbocycles. The van der Waals surface area contributed by atoms with Crippen LogP contribution in [-0.2, 0) is 11.3 Å². The third-order valence-electron chi connectivity index (χ3n) is 3.90. The van der Waals surface area contributed by atoms with Crippen molar-refractivity contribution in [1.29, 1.82) is 0 Å². The average Bonchev–Trinajstić information content (AvgIpc) is 2.93. The zero-order chi connectivity index (χ0) is 15.3. The summed E-state index contributed by atoms with van der Waals surface area (Å²) in [6, 6.07) is 3.80. The summed E-state index contributed by atoms with van der Waals surface area (Å²) in [6.07, 6.45) is 2.24. The molecule has 0 bridgehead atoms. The van der Waals surface area contributed by atoms with Crippen LogP contribution in [0.15, 0.2) is 12.1 Å². The lowest BCUT2D eigenvalue weighted by molar-refractivity contribution is 0.0206. The van der Waals surface area contributed by atoms with E-state index in [2.05, 4.69) is 12.2 Å². The summed E-state index contributed by atoms with van der Waals surface area (Å²) in [5.74, 6) is 2.17. The minimum absolute atomic E-state index is 0.0518. The van der Waals surface area contributed by atoms with Gasteiger partial charge in [-0.05, 0) is 25.8 Å². The highest BCUT2D eigenvalue weighted by atomic mass is 16.5. The zero-order valence-electron chi connectivity index (χ0n) is 13.3. The van der Waals surface area contributed by atoms with Gasteiger partial charge in [-0.15, -0.1) is 0 Å². The van der Waals surface area contributed by atoms with Gasteiger partial charge in [-0.25, -0.2) is 0 Å². The Morgan fingerprint density at radius 2 is 1.76 bits per heavy atom. The highest BCUT2D eigenvalue weighted by molar-refractivity contribution is 5.50. The molecule has 5 heteroatoms. The summed E-state index contributed by atoms with van der Waals surface area (Å²) < 4.78 is 21.8.